The van der Waals surface area contributed by atoms with Gasteiger partial charge >= 0.3 is 0 Å². The number of rotatable bonds is 5. The van der Waals surface area contributed by atoms with E-state index in [0.717, 1.165) is 41.2 Å². The van der Waals surface area contributed by atoms with Gasteiger partial charge in [0.05, 0.1) is 6.42 Å². The van der Waals surface area contributed by atoms with E-state index in [1.807, 2.05) is 11.8 Å². The predicted molar refractivity (Wildman–Crippen MR) is 106 cm³/mol. The Morgan fingerprint density at radius 1 is 1.17 bits per heavy atom. The van der Waals surface area contributed by atoms with E-state index in [1.165, 1.54) is 18.2 Å². The van der Waals surface area contributed by atoms with Crippen LogP contribution in [0.2, 0.25) is 0 Å². The minimum atomic E-state index is -0.857. The second-order valence-electron chi connectivity index (χ2n) is 7.60. The highest BCUT2D eigenvalue weighted by Crippen LogP contribution is 2.26. The number of fused-ring (bicyclic) bond motifs is 1. The van der Waals surface area contributed by atoms with Crippen molar-refractivity contribution in [3.63, 3.8) is 0 Å². The number of hydrogen-bond acceptors (Lipinski definition) is 2. The van der Waals surface area contributed by atoms with E-state index >= 15 is 0 Å². The van der Waals surface area contributed by atoms with Crippen LogP contribution in [0.1, 0.15) is 17.7 Å². The Hall–Kier alpha value is -2.96. The largest absolute Gasteiger partial charge is 0.371 e. The van der Waals surface area contributed by atoms with Gasteiger partial charge in [0.2, 0.25) is 5.91 Å². The number of hydrogen-bond donors (Lipinski definition) is 2. The third-order valence-electron chi connectivity index (χ3n) is 5.56. The fourth-order valence-electron chi connectivity index (χ4n) is 3.98. The molecule has 1 aliphatic rings. The zero-order valence-corrected chi connectivity index (χ0v) is 16.1. The van der Waals surface area contributed by atoms with Crippen LogP contribution in [0.3, 0.4) is 0 Å². The van der Waals surface area contributed by atoms with E-state index in [4.69, 9.17) is 0 Å². The van der Waals surface area contributed by atoms with Crippen LogP contribution >= 0.6 is 0 Å². The van der Waals surface area contributed by atoms with Crippen molar-refractivity contribution in [3.8, 4) is 0 Å². The molecule has 2 N–H and O–H groups in total. The van der Waals surface area contributed by atoms with Crippen molar-refractivity contribution in [1.82, 2.24) is 10.3 Å². The van der Waals surface area contributed by atoms with Crippen LogP contribution in [0.25, 0.3) is 10.9 Å². The second-order valence-corrected chi connectivity index (χ2v) is 7.60. The molecule has 3 aromatic rings. The van der Waals surface area contributed by atoms with Gasteiger partial charge in [-0.1, -0.05) is 0 Å². The van der Waals surface area contributed by atoms with E-state index in [9.17, 15) is 18.0 Å². The molecule has 0 aliphatic carbocycles. The topological polar surface area (TPSA) is 48.1 Å². The van der Waals surface area contributed by atoms with Crippen LogP contribution in [0.4, 0.5) is 18.9 Å². The number of nitrogens with zero attached hydrogens (tertiary/aromatic N) is 1. The number of aromatic amines is 1. The molecule has 2 aromatic carbocycles. The third-order valence-corrected chi connectivity index (χ3v) is 5.56. The van der Waals surface area contributed by atoms with Gasteiger partial charge in [0.15, 0.2) is 11.6 Å². The summed E-state index contributed by atoms with van der Waals surface area (Å²) in [6.45, 7) is 3.78. The summed E-state index contributed by atoms with van der Waals surface area (Å²) < 4.78 is 40.1. The summed E-state index contributed by atoms with van der Waals surface area (Å²) in [7, 11) is 0. The molecule has 0 saturated carbocycles. The van der Waals surface area contributed by atoms with E-state index in [0.29, 0.717) is 18.8 Å². The van der Waals surface area contributed by atoms with Crippen molar-refractivity contribution in [2.24, 2.45) is 5.92 Å². The Balaban J connectivity index is 1.34. The first-order valence-corrected chi connectivity index (χ1v) is 9.64. The average Bonchev–Trinajstić information content (AvgIpc) is 3.28. The van der Waals surface area contributed by atoms with Gasteiger partial charge in [0.1, 0.15) is 5.82 Å². The van der Waals surface area contributed by atoms with Gasteiger partial charge in [-0.05, 0) is 55.2 Å². The van der Waals surface area contributed by atoms with Crippen molar-refractivity contribution in [2.45, 2.75) is 19.8 Å². The number of benzene rings is 2. The molecule has 1 unspecified atom stereocenters. The normalized spacial score (nSPS) is 16.6. The number of nitrogens with one attached hydrogen (secondary N) is 2. The molecule has 4 nitrogen and oxygen atoms in total. The molecule has 0 radical (unpaired) electrons. The number of aromatic nitrogens is 1. The van der Waals surface area contributed by atoms with Gasteiger partial charge in [-0.25, -0.2) is 13.2 Å². The fraction of sp³-hybridized carbons (Fsp3) is 0.318. The predicted octanol–water partition coefficient (Wildman–Crippen LogP) is 4.08. The first-order valence-electron chi connectivity index (χ1n) is 9.64. The van der Waals surface area contributed by atoms with E-state index < -0.39 is 11.6 Å². The molecule has 1 atom stereocenters. The van der Waals surface area contributed by atoms with E-state index in [1.54, 1.807) is 12.1 Å². The van der Waals surface area contributed by atoms with Crippen molar-refractivity contribution >= 4 is 22.5 Å². The minimum Gasteiger partial charge on any atom is -0.371 e. The SMILES string of the molecule is Cc1[nH]c2ccc(F)cc2c1CC(=O)NCC1CCN(c2ccc(F)c(F)c2)C1. The van der Waals surface area contributed by atoms with Crippen LogP contribution in [0.5, 0.6) is 0 Å². The van der Waals surface area contributed by atoms with Crippen molar-refractivity contribution < 1.29 is 18.0 Å². The molecule has 0 bridgehead atoms. The Morgan fingerprint density at radius 3 is 2.79 bits per heavy atom. The lowest BCUT2D eigenvalue weighted by atomic mass is 10.1. The highest BCUT2D eigenvalue weighted by molar-refractivity contribution is 5.90. The van der Waals surface area contributed by atoms with Crippen molar-refractivity contribution in [1.29, 1.82) is 0 Å². The van der Waals surface area contributed by atoms with Crippen LogP contribution in [0.15, 0.2) is 36.4 Å². The van der Waals surface area contributed by atoms with Gasteiger partial charge < -0.3 is 15.2 Å². The Morgan fingerprint density at radius 2 is 2.00 bits per heavy atom. The number of halogens is 3. The molecule has 1 saturated heterocycles. The lowest BCUT2D eigenvalue weighted by Crippen LogP contribution is -2.32. The molecular formula is C22H22F3N3O. The zero-order chi connectivity index (χ0) is 20.5. The molecule has 1 aromatic heterocycles. The maximum Gasteiger partial charge on any atom is 0.224 e. The monoisotopic (exact) mass is 401 g/mol. The number of aryl methyl sites for hydroxylation is 1. The van der Waals surface area contributed by atoms with Crippen LogP contribution in [0, 0.1) is 30.3 Å². The molecule has 1 aliphatic heterocycles. The summed E-state index contributed by atoms with van der Waals surface area (Å²) in [5.41, 5.74) is 3.11. The fourth-order valence-corrected chi connectivity index (χ4v) is 3.98. The first kappa shape index (κ1) is 19.4. The summed E-state index contributed by atoms with van der Waals surface area (Å²) >= 11 is 0. The lowest BCUT2D eigenvalue weighted by molar-refractivity contribution is -0.120. The summed E-state index contributed by atoms with van der Waals surface area (Å²) in [5.74, 6) is -1.94. The molecule has 0 spiro atoms. The smallest absolute Gasteiger partial charge is 0.224 e. The highest BCUT2D eigenvalue weighted by Gasteiger charge is 2.24. The van der Waals surface area contributed by atoms with Crippen molar-refractivity contribution in [2.75, 3.05) is 24.5 Å². The maximum absolute atomic E-state index is 13.6. The first-order chi connectivity index (χ1) is 13.9. The lowest BCUT2D eigenvalue weighted by Gasteiger charge is -2.19. The van der Waals surface area contributed by atoms with Crippen LogP contribution in [-0.2, 0) is 11.2 Å². The van der Waals surface area contributed by atoms with E-state index in [2.05, 4.69) is 10.3 Å². The number of H-pyrrole nitrogens is 1. The number of anilines is 1. The Labute approximate surface area is 166 Å². The summed E-state index contributed by atoms with van der Waals surface area (Å²) in [6, 6.07) is 8.41. The van der Waals surface area contributed by atoms with Crippen LogP contribution in [-0.4, -0.2) is 30.5 Å². The number of carbonyl (C=O) groups is 1. The van der Waals surface area contributed by atoms with Crippen LogP contribution < -0.4 is 10.2 Å². The Kier molecular flexibility index (Phi) is 5.22. The third kappa shape index (κ3) is 4.09. The average molecular weight is 401 g/mol. The molecular weight excluding hydrogens is 379 g/mol. The molecule has 1 amide bonds. The molecule has 1 fully saturated rings. The second kappa shape index (κ2) is 7.81. The maximum atomic E-state index is 13.6. The van der Waals surface area contributed by atoms with Gasteiger partial charge in [0.25, 0.3) is 0 Å². The highest BCUT2D eigenvalue weighted by atomic mass is 19.2. The van der Waals surface area contributed by atoms with Crippen molar-refractivity contribution in [3.05, 3.63) is 65.1 Å². The molecule has 4 rings (SSSR count). The van der Waals surface area contributed by atoms with Gasteiger partial charge in [-0.15, -0.1) is 0 Å². The summed E-state index contributed by atoms with van der Waals surface area (Å²) in [6.07, 6.45) is 1.03. The molecule has 29 heavy (non-hydrogen) atoms. The molecule has 2 heterocycles. The minimum absolute atomic E-state index is 0.121. The molecule has 152 valence electrons. The zero-order valence-electron chi connectivity index (χ0n) is 16.1. The quantitative estimate of drug-likeness (QED) is 0.677. The molecule has 7 heteroatoms. The standard InChI is InChI=1S/C22H22F3N3O/c1-13-17(18-8-15(23)2-5-21(18)27-13)10-22(29)26-11-14-6-7-28(12-14)16-3-4-19(24)20(25)9-16/h2-5,8-9,14,27H,6-7,10-12H2,1H3,(H,26,29). The number of carbonyl (C=O) groups excluding carboxylic acids is 1. The van der Waals surface area contributed by atoms with Gasteiger partial charge in [-0.2, -0.15) is 0 Å². The van der Waals surface area contributed by atoms with Gasteiger partial charge in [-0.3, -0.25) is 4.79 Å². The van der Waals surface area contributed by atoms with Gasteiger partial charge in [0, 0.05) is 48.0 Å². The van der Waals surface area contributed by atoms with E-state index in [-0.39, 0.29) is 24.1 Å². The Bertz CT molecular complexity index is 1060. The summed E-state index contributed by atoms with van der Waals surface area (Å²) in [5, 5.41) is 3.68. The summed E-state index contributed by atoms with van der Waals surface area (Å²) in [4.78, 5) is 17.6. The number of amides is 1.